The van der Waals surface area contributed by atoms with Gasteiger partial charge in [-0.2, -0.15) is 0 Å². The molecule has 1 aromatic rings. The Morgan fingerprint density at radius 2 is 2.22 bits per heavy atom. The SMILES string of the molecule is COCCNC(=O)CNS(=O)(=O)c1ccc(Br)s1. The van der Waals surface area contributed by atoms with Crippen LogP contribution in [0.4, 0.5) is 0 Å². The Balaban J connectivity index is 2.45. The van der Waals surface area contributed by atoms with Crippen LogP contribution >= 0.6 is 27.3 Å². The normalized spacial score (nSPS) is 11.4. The third-order valence-corrected chi connectivity index (χ3v) is 5.38. The highest BCUT2D eigenvalue weighted by atomic mass is 79.9. The Hall–Kier alpha value is -0.480. The van der Waals surface area contributed by atoms with Crippen LogP contribution in [0, 0.1) is 0 Å². The van der Waals surface area contributed by atoms with E-state index in [1.54, 1.807) is 6.07 Å². The van der Waals surface area contributed by atoms with Crippen molar-refractivity contribution in [1.29, 1.82) is 0 Å². The number of nitrogens with one attached hydrogen (secondary N) is 2. The molecule has 0 radical (unpaired) electrons. The Morgan fingerprint density at radius 1 is 1.50 bits per heavy atom. The van der Waals surface area contributed by atoms with Gasteiger partial charge in [-0.1, -0.05) is 0 Å². The molecule has 0 aliphatic carbocycles. The van der Waals surface area contributed by atoms with Gasteiger partial charge in [-0.15, -0.1) is 11.3 Å². The summed E-state index contributed by atoms with van der Waals surface area (Å²) in [6.07, 6.45) is 0. The minimum Gasteiger partial charge on any atom is -0.383 e. The van der Waals surface area contributed by atoms with E-state index in [-0.39, 0.29) is 10.8 Å². The number of hydrogen-bond donors (Lipinski definition) is 2. The van der Waals surface area contributed by atoms with Gasteiger partial charge >= 0.3 is 0 Å². The lowest BCUT2D eigenvalue weighted by molar-refractivity contribution is -0.120. The Bertz CT molecular complexity index is 500. The van der Waals surface area contributed by atoms with Gasteiger partial charge in [0.2, 0.25) is 5.91 Å². The standard InChI is InChI=1S/C9H13BrN2O4S2/c1-16-5-4-11-8(13)6-12-18(14,15)9-3-2-7(10)17-9/h2-3,12H,4-6H2,1H3,(H,11,13). The van der Waals surface area contributed by atoms with E-state index in [1.165, 1.54) is 13.2 Å². The summed E-state index contributed by atoms with van der Waals surface area (Å²) >= 11 is 4.26. The van der Waals surface area contributed by atoms with Crippen molar-refractivity contribution < 1.29 is 17.9 Å². The molecule has 6 nitrogen and oxygen atoms in total. The maximum atomic E-state index is 11.8. The van der Waals surface area contributed by atoms with Crippen LogP contribution in [0.5, 0.6) is 0 Å². The van der Waals surface area contributed by atoms with Crippen molar-refractivity contribution in [2.24, 2.45) is 0 Å². The lowest BCUT2D eigenvalue weighted by Gasteiger charge is -2.06. The number of carbonyl (C=O) groups excluding carboxylic acids is 1. The van der Waals surface area contributed by atoms with Crippen molar-refractivity contribution in [3.63, 3.8) is 0 Å². The minimum absolute atomic E-state index is 0.166. The molecule has 18 heavy (non-hydrogen) atoms. The summed E-state index contributed by atoms with van der Waals surface area (Å²) < 4.78 is 31.4. The molecule has 9 heteroatoms. The van der Waals surface area contributed by atoms with E-state index in [0.29, 0.717) is 16.9 Å². The second-order valence-electron chi connectivity index (χ2n) is 3.23. The van der Waals surface area contributed by atoms with Gasteiger partial charge in [0.25, 0.3) is 10.0 Å². The van der Waals surface area contributed by atoms with Gasteiger partial charge in [0.15, 0.2) is 0 Å². The molecule has 0 fully saturated rings. The second-order valence-corrected chi connectivity index (χ2v) is 7.68. The van der Waals surface area contributed by atoms with Crippen LogP contribution in [0.3, 0.4) is 0 Å². The molecule has 0 atom stereocenters. The summed E-state index contributed by atoms with van der Waals surface area (Å²) in [5.41, 5.74) is 0. The second kappa shape index (κ2) is 7.19. The molecule has 1 aromatic heterocycles. The fraction of sp³-hybridized carbons (Fsp3) is 0.444. The van der Waals surface area contributed by atoms with Gasteiger partial charge in [0, 0.05) is 13.7 Å². The predicted molar refractivity (Wildman–Crippen MR) is 72.1 cm³/mol. The first kappa shape index (κ1) is 15.6. The number of carbonyl (C=O) groups is 1. The summed E-state index contributed by atoms with van der Waals surface area (Å²) in [6, 6.07) is 3.11. The lowest BCUT2D eigenvalue weighted by atomic mass is 10.6. The summed E-state index contributed by atoms with van der Waals surface area (Å²) in [6.45, 7) is 0.444. The van der Waals surface area contributed by atoms with Crippen LogP contribution in [-0.2, 0) is 19.6 Å². The van der Waals surface area contributed by atoms with Crippen LogP contribution in [0.1, 0.15) is 0 Å². The molecular weight excluding hydrogens is 344 g/mol. The molecule has 102 valence electrons. The summed E-state index contributed by atoms with van der Waals surface area (Å²) in [5, 5.41) is 2.52. The summed E-state index contributed by atoms with van der Waals surface area (Å²) in [7, 11) is -2.10. The molecule has 0 saturated heterocycles. The predicted octanol–water partition coefficient (Wildman–Crippen LogP) is 0.552. The van der Waals surface area contributed by atoms with E-state index in [4.69, 9.17) is 4.74 Å². The Labute approximate surface area is 118 Å². The molecule has 1 rings (SSSR count). The summed E-state index contributed by atoms with van der Waals surface area (Å²) in [5.74, 6) is -0.397. The van der Waals surface area contributed by atoms with Crippen LogP contribution in [-0.4, -0.2) is 41.1 Å². The average Bonchev–Trinajstić information content (AvgIpc) is 2.75. The third kappa shape index (κ3) is 5.02. The maximum absolute atomic E-state index is 11.8. The van der Waals surface area contributed by atoms with Crippen molar-refractivity contribution in [3.05, 3.63) is 15.9 Å². The van der Waals surface area contributed by atoms with E-state index in [2.05, 4.69) is 26.0 Å². The molecule has 1 heterocycles. The number of rotatable bonds is 7. The minimum atomic E-state index is -3.62. The monoisotopic (exact) mass is 356 g/mol. The van der Waals surface area contributed by atoms with Gasteiger partial charge in [-0.3, -0.25) is 4.79 Å². The number of ether oxygens (including phenoxy) is 1. The highest BCUT2D eigenvalue weighted by Crippen LogP contribution is 2.25. The lowest BCUT2D eigenvalue weighted by Crippen LogP contribution is -2.37. The van der Waals surface area contributed by atoms with Crippen molar-refractivity contribution >= 4 is 43.2 Å². The molecule has 2 N–H and O–H groups in total. The molecule has 0 unspecified atom stereocenters. The molecule has 0 aromatic carbocycles. The molecule has 0 aliphatic heterocycles. The Kier molecular flexibility index (Phi) is 6.22. The molecular formula is C9H13BrN2O4S2. The van der Waals surface area contributed by atoms with E-state index in [0.717, 1.165) is 11.3 Å². The van der Waals surface area contributed by atoms with Crippen LogP contribution in [0.25, 0.3) is 0 Å². The quantitative estimate of drug-likeness (QED) is 0.698. The topological polar surface area (TPSA) is 84.5 Å². The van der Waals surface area contributed by atoms with E-state index in [1.807, 2.05) is 0 Å². The van der Waals surface area contributed by atoms with Crippen molar-refractivity contribution in [2.45, 2.75) is 4.21 Å². The number of hydrogen-bond acceptors (Lipinski definition) is 5. The number of sulfonamides is 1. The average molecular weight is 357 g/mol. The Morgan fingerprint density at radius 3 is 2.78 bits per heavy atom. The maximum Gasteiger partial charge on any atom is 0.250 e. The zero-order valence-electron chi connectivity index (χ0n) is 9.60. The molecule has 0 saturated carbocycles. The number of thiophene rings is 1. The van der Waals surface area contributed by atoms with Crippen LogP contribution in [0.15, 0.2) is 20.1 Å². The van der Waals surface area contributed by atoms with Crippen molar-refractivity contribution in [2.75, 3.05) is 26.8 Å². The summed E-state index contributed by atoms with van der Waals surface area (Å²) in [4.78, 5) is 11.3. The third-order valence-electron chi connectivity index (χ3n) is 1.86. The van der Waals surface area contributed by atoms with E-state index in [9.17, 15) is 13.2 Å². The van der Waals surface area contributed by atoms with Crippen molar-refractivity contribution in [3.8, 4) is 0 Å². The highest BCUT2D eigenvalue weighted by molar-refractivity contribution is 9.11. The fourth-order valence-electron chi connectivity index (χ4n) is 1.03. The smallest absolute Gasteiger partial charge is 0.250 e. The van der Waals surface area contributed by atoms with Crippen LogP contribution in [0.2, 0.25) is 0 Å². The fourth-order valence-corrected chi connectivity index (χ4v) is 4.07. The zero-order chi connectivity index (χ0) is 13.6. The van der Waals surface area contributed by atoms with Gasteiger partial charge < -0.3 is 10.1 Å². The van der Waals surface area contributed by atoms with Gasteiger partial charge in [-0.05, 0) is 28.1 Å². The first-order chi connectivity index (χ1) is 8.45. The van der Waals surface area contributed by atoms with Gasteiger partial charge in [0.05, 0.1) is 16.9 Å². The molecule has 0 bridgehead atoms. The number of halogens is 1. The molecule has 1 amide bonds. The van der Waals surface area contributed by atoms with E-state index >= 15 is 0 Å². The van der Waals surface area contributed by atoms with Gasteiger partial charge in [-0.25, -0.2) is 13.1 Å². The molecule has 0 spiro atoms. The van der Waals surface area contributed by atoms with Gasteiger partial charge in [0.1, 0.15) is 4.21 Å². The zero-order valence-corrected chi connectivity index (χ0v) is 12.8. The van der Waals surface area contributed by atoms with Crippen LogP contribution < -0.4 is 10.0 Å². The largest absolute Gasteiger partial charge is 0.383 e. The number of amides is 1. The first-order valence-corrected chi connectivity index (χ1v) is 8.05. The molecule has 0 aliphatic rings. The number of methoxy groups -OCH3 is 1. The highest BCUT2D eigenvalue weighted by Gasteiger charge is 2.17. The van der Waals surface area contributed by atoms with E-state index < -0.39 is 15.9 Å². The first-order valence-electron chi connectivity index (χ1n) is 4.96. The van der Waals surface area contributed by atoms with Crippen molar-refractivity contribution in [1.82, 2.24) is 10.0 Å².